The number of hydrogen-bond acceptors (Lipinski definition) is 7. The van der Waals surface area contributed by atoms with E-state index in [0.29, 0.717) is 20.2 Å². The second kappa shape index (κ2) is 9.22. The third-order valence-electron chi connectivity index (χ3n) is 4.07. The van der Waals surface area contributed by atoms with Crippen LogP contribution >= 0.6 is 22.6 Å². The molecule has 0 aliphatic rings. The molecule has 10 heteroatoms. The minimum absolute atomic E-state index is 0.285. The van der Waals surface area contributed by atoms with Gasteiger partial charge in [0.15, 0.2) is 5.69 Å². The Kier molecular flexibility index (Phi) is 6.69. The van der Waals surface area contributed by atoms with E-state index < -0.39 is 30.3 Å². The van der Waals surface area contributed by atoms with Crippen molar-refractivity contribution in [2.24, 2.45) is 5.10 Å². The number of nitrogens with zero attached hydrogens (tertiary/aromatic N) is 2. The van der Waals surface area contributed by atoms with E-state index in [0.717, 1.165) is 0 Å². The van der Waals surface area contributed by atoms with E-state index in [2.05, 4.69) is 20.5 Å². The lowest BCUT2D eigenvalue weighted by Crippen LogP contribution is -2.41. The largest absolute Gasteiger partial charge is 0.394 e. The average Bonchev–Trinajstić information content (AvgIpc) is 2.73. The monoisotopic (exact) mass is 508 g/mol. The highest BCUT2D eigenvalue weighted by Gasteiger charge is 2.27. The first-order chi connectivity index (χ1) is 13.9. The molecule has 150 valence electrons. The molecule has 2 atom stereocenters. The SMILES string of the molecule is O=C(NN=C(c1nc2ccccc2[nH]c1=O)C(O)C(O)CO)c1ccccc1I. The number of fused-ring (bicyclic) bond motifs is 1. The van der Waals surface area contributed by atoms with Crippen LogP contribution in [0.15, 0.2) is 58.4 Å². The van der Waals surface area contributed by atoms with Crippen LogP contribution < -0.4 is 11.0 Å². The minimum atomic E-state index is -1.76. The standard InChI is InChI=1S/C19H17IN4O5/c20-11-6-2-1-5-10(11)18(28)24-23-15(17(27)14(26)9-25)16-19(29)22-13-8-4-3-7-12(13)21-16/h1-8,14,17,25-27H,9H2,(H,22,29)(H,24,28). The van der Waals surface area contributed by atoms with Crippen molar-refractivity contribution < 1.29 is 20.1 Å². The van der Waals surface area contributed by atoms with Crippen LogP contribution in [0.5, 0.6) is 0 Å². The molecule has 29 heavy (non-hydrogen) atoms. The Bertz CT molecular complexity index is 1130. The highest BCUT2D eigenvalue weighted by Crippen LogP contribution is 2.12. The van der Waals surface area contributed by atoms with Crippen LogP contribution in [0.1, 0.15) is 16.1 Å². The number of nitrogens with one attached hydrogen (secondary N) is 2. The van der Waals surface area contributed by atoms with E-state index in [1.54, 1.807) is 48.5 Å². The average molecular weight is 508 g/mol. The van der Waals surface area contributed by atoms with Crippen LogP contribution in [0.4, 0.5) is 0 Å². The Labute approximate surface area is 178 Å². The normalized spacial score (nSPS) is 13.9. The number of benzene rings is 2. The number of hydrogen-bond donors (Lipinski definition) is 5. The molecule has 3 rings (SSSR count). The highest BCUT2D eigenvalue weighted by molar-refractivity contribution is 14.1. The molecule has 0 saturated carbocycles. The van der Waals surface area contributed by atoms with Crippen LogP contribution in [0.2, 0.25) is 0 Å². The Morgan fingerprint density at radius 2 is 1.86 bits per heavy atom. The quantitative estimate of drug-likeness (QED) is 0.185. The summed E-state index contributed by atoms with van der Waals surface area (Å²) >= 11 is 1.99. The maximum absolute atomic E-state index is 12.5. The van der Waals surface area contributed by atoms with Crippen LogP contribution in [0, 0.1) is 3.57 Å². The number of rotatable bonds is 6. The number of hydrazone groups is 1. The molecule has 1 amide bonds. The number of para-hydroxylation sites is 2. The summed E-state index contributed by atoms with van der Waals surface area (Å²) in [6.07, 6.45) is -3.39. The molecule has 0 aliphatic heterocycles. The molecular weight excluding hydrogens is 491 g/mol. The molecule has 0 aliphatic carbocycles. The first-order valence-electron chi connectivity index (χ1n) is 8.51. The summed E-state index contributed by atoms with van der Waals surface area (Å²) in [5.74, 6) is -0.574. The van der Waals surface area contributed by atoms with Crippen molar-refractivity contribution >= 4 is 45.2 Å². The molecule has 2 unspecified atom stereocenters. The molecule has 0 fully saturated rings. The Balaban J connectivity index is 2.05. The Morgan fingerprint density at radius 3 is 2.59 bits per heavy atom. The molecule has 0 radical (unpaired) electrons. The summed E-state index contributed by atoms with van der Waals surface area (Å²) in [5.41, 5.74) is 2.17. The lowest BCUT2D eigenvalue weighted by molar-refractivity contribution is 0.0183. The summed E-state index contributed by atoms with van der Waals surface area (Å²) in [4.78, 5) is 31.7. The molecule has 2 aromatic carbocycles. The zero-order chi connectivity index (χ0) is 21.0. The summed E-state index contributed by atoms with van der Waals surface area (Å²) in [7, 11) is 0. The van der Waals surface area contributed by atoms with Gasteiger partial charge < -0.3 is 20.3 Å². The lowest BCUT2D eigenvalue weighted by Gasteiger charge is -2.17. The molecule has 9 nitrogen and oxygen atoms in total. The van der Waals surface area contributed by atoms with E-state index in [4.69, 9.17) is 0 Å². The second-order valence-electron chi connectivity index (χ2n) is 6.04. The first kappa shape index (κ1) is 21.0. The van der Waals surface area contributed by atoms with Crippen molar-refractivity contribution in [1.82, 2.24) is 15.4 Å². The van der Waals surface area contributed by atoms with Gasteiger partial charge >= 0.3 is 0 Å². The number of halogens is 1. The van der Waals surface area contributed by atoms with Crippen molar-refractivity contribution in [1.29, 1.82) is 0 Å². The number of H-pyrrole nitrogens is 1. The molecule has 5 N–H and O–H groups in total. The van der Waals surface area contributed by atoms with Crippen molar-refractivity contribution in [3.63, 3.8) is 0 Å². The van der Waals surface area contributed by atoms with Crippen LogP contribution in [-0.2, 0) is 0 Å². The van der Waals surface area contributed by atoms with Crippen LogP contribution in [0.25, 0.3) is 11.0 Å². The van der Waals surface area contributed by atoms with Gasteiger partial charge in [0, 0.05) is 3.57 Å². The van der Waals surface area contributed by atoms with E-state index in [-0.39, 0.29) is 11.4 Å². The number of carbonyl (C=O) groups is 1. The summed E-state index contributed by atoms with van der Waals surface area (Å²) in [6, 6.07) is 13.5. The molecule has 1 aromatic heterocycles. The third-order valence-corrected chi connectivity index (χ3v) is 5.01. The molecular formula is C19H17IN4O5. The molecule has 3 aromatic rings. The van der Waals surface area contributed by atoms with Gasteiger partial charge in [0.1, 0.15) is 17.9 Å². The lowest BCUT2D eigenvalue weighted by atomic mass is 10.1. The maximum atomic E-state index is 12.5. The van der Waals surface area contributed by atoms with Crippen LogP contribution in [0.3, 0.4) is 0 Å². The highest BCUT2D eigenvalue weighted by atomic mass is 127. The van der Waals surface area contributed by atoms with Gasteiger partial charge in [-0.15, -0.1) is 0 Å². The summed E-state index contributed by atoms with van der Waals surface area (Å²) < 4.78 is 0.678. The van der Waals surface area contributed by atoms with Gasteiger partial charge in [-0.2, -0.15) is 5.10 Å². The van der Waals surface area contributed by atoms with Gasteiger partial charge in [-0.05, 0) is 46.9 Å². The number of carbonyl (C=O) groups excluding carboxylic acids is 1. The smallest absolute Gasteiger partial charge is 0.276 e. The van der Waals surface area contributed by atoms with Gasteiger partial charge in [-0.25, -0.2) is 10.4 Å². The summed E-state index contributed by atoms with van der Waals surface area (Å²) in [6.45, 7) is -0.782. The van der Waals surface area contributed by atoms with Crippen molar-refractivity contribution in [3.8, 4) is 0 Å². The van der Waals surface area contributed by atoms with Gasteiger partial charge in [0.2, 0.25) is 0 Å². The number of amides is 1. The topological polar surface area (TPSA) is 148 Å². The summed E-state index contributed by atoms with van der Waals surface area (Å²) in [5, 5.41) is 33.3. The number of aliphatic hydroxyl groups is 3. The fourth-order valence-electron chi connectivity index (χ4n) is 2.56. The van der Waals surface area contributed by atoms with Gasteiger partial charge in [-0.1, -0.05) is 24.3 Å². The van der Waals surface area contributed by atoms with Crippen LogP contribution in [-0.4, -0.2) is 55.7 Å². The molecule has 1 heterocycles. The van der Waals surface area contributed by atoms with Gasteiger partial charge in [0.05, 0.1) is 23.2 Å². The second-order valence-corrected chi connectivity index (χ2v) is 7.21. The fraction of sp³-hybridized carbons (Fsp3) is 0.158. The predicted molar refractivity (Wildman–Crippen MR) is 115 cm³/mol. The number of aliphatic hydroxyl groups excluding tert-OH is 3. The van der Waals surface area contributed by atoms with E-state index in [1.807, 2.05) is 22.6 Å². The zero-order valence-corrected chi connectivity index (χ0v) is 17.1. The van der Waals surface area contributed by atoms with Crippen molar-refractivity contribution in [3.05, 3.63) is 73.7 Å². The minimum Gasteiger partial charge on any atom is -0.394 e. The van der Waals surface area contributed by atoms with E-state index in [1.165, 1.54) is 0 Å². The Hall–Kier alpha value is -2.67. The maximum Gasteiger partial charge on any atom is 0.276 e. The van der Waals surface area contributed by atoms with E-state index >= 15 is 0 Å². The fourth-order valence-corrected chi connectivity index (χ4v) is 3.19. The molecule has 0 saturated heterocycles. The Morgan fingerprint density at radius 1 is 1.17 bits per heavy atom. The van der Waals surface area contributed by atoms with Crippen molar-refractivity contribution in [2.45, 2.75) is 12.2 Å². The number of aromatic amines is 1. The molecule has 0 spiro atoms. The van der Waals surface area contributed by atoms with Gasteiger partial charge in [0.25, 0.3) is 11.5 Å². The first-order valence-corrected chi connectivity index (χ1v) is 9.59. The van der Waals surface area contributed by atoms with E-state index in [9.17, 15) is 24.9 Å². The van der Waals surface area contributed by atoms with Gasteiger partial charge in [-0.3, -0.25) is 9.59 Å². The number of aromatic nitrogens is 2. The van der Waals surface area contributed by atoms with Crippen molar-refractivity contribution in [2.75, 3.05) is 6.61 Å². The zero-order valence-electron chi connectivity index (χ0n) is 14.9. The predicted octanol–water partition coefficient (Wildman–Crippen LogP) is 0.376. The third kappa shape index (κ3) is 4.67. The molecule has 0 bridgehead atoms.